The van der Waals surface area contributed by atoms with Crippen molar-refractivity contribution >= 4 is 21.6 Å². The SMILES string of the molecule is CC(C)NS(=O)(=O)c1ccc(C#CCO)cc1Cl. The van der Waals surface area contributed by atoms with Gasteiger partial charge in [0.1, 0.15) is 11.5 Å². The van der Waals surface area contributed by atoms with Crippen molar-refractivity contribution in [2.75, 3.05) is 6.61 Å². The van der Waals surface area contributed by atoms with Crippen LogP contribution in [0.25, 0.3) is 0 Å². The van der Waals surface area contributed by atoms with Gasteiger partial charge in [0.2, 0.25) is 10.0 Å². The molecule has 0 unspecified atom stereocenters. The zero-order valence-corrected chi connectivity index (χ0v) is 11.6. The molecule has 98 valence electrons. The summed E-state index contributed by atoms with van der Waals surface area (Å²) in [6, 6.07) is 4.19. The van der Waals surface area contributed by atoms with Crippen molar-refractivity contribution in [2.24, 2.45) is 0 Å². The maximum Gasteiger partial charge on any atom is 0.242 e. The lowest BCUT2D eigenvalue weighted by Gasteiger charge is -2.10. The van der Waals surface area contributed by atoms with Gasteiger partial charge in [-0.15, -0.1) is 0 Å². The van der Waals surface area contributed by atoms with E-state index in [0.29, 0.717) is 5.56 Å². The van der Waals surface area contributed by atoms with Gasteiger partial charge in [0.25, 0.3) is 0 Å². The van der Waals surface area contributed by atoms with Gasteiger partial charge in [-0.1, -0.05) is 23.4 Å². The van der Waals surface area contributed by atoms with Crippen molar-refractivity contribution in [1.82, 2.24) is 4.72 Å². The Morgan fingerprint density at radius 2 is 2.11 bits per heavy atom. The molecule has 1 aromatic carbocycles. The Bertz CT molecular complexity index is 585. The average Bonchev–Trinajstić information content (AvgIpc) is 2.24. The Hall–Kier alpha value is -1.06. The van der Waals surface area contributed by atoms with E-state index in [9.17, 15) is 8.42 Å². The first kappa shape index (κ1) is 15.0. The van der Waals surface area contributed by atoms with Gasteiger partial charge < -0.3 is 5.11 Å². The van der Waals surface area contributed by atoms with Gasteiger partial charge in [-0.3, -0.25) is 0 Å². The molecule has 1 aromatic rings. The van der Waals surface area contributed by atoms with Crippen LogP contribution in [0, 0.1) is 11.8 Å². The molecule has 0 fully saturated rings. The number of nitrogens with one attached hydrogen (secondary N) is 1. The van der Waals surface area contributed by atoms with Crippen molar-refractivity contribution in [3.8, 4) is 11.8 Å². The van der Waals surface area contributed by atoms with E-state index in [0.717, 1.165) is 0 Å². The maximum absolute atomic E-state index is 11.9. The molecule has 0 bridgehead atoms. The Kier molecular flexibility index (Phi) is 5.17. The Morgan fingerprint density at radius 3 is 2.61 bits per heavy atom. The summed E-state index contributed by atoms with van der Waals surface area (Å²) < 4.78 is 26.3. The molecule has 0 spiro atoms. The minimum atomic E-state index is -3.61. The molecule has 0 heterocycles. The van der Waals surface area contributed by atoms with E-state index in [2.05, 4.69) is 16.6 Å². The van der Waals surface area contributed by atoms with Crippen LogP contribution in [-0.2, 0) is 10.0 Å². The van der Waals surface area contributed by atoms with Gasteiger partial charge in [-0.2, -0.15) is 0 Å². The quantitative estimate of drug-likeness (QED) is 0.825. The van der Waals surface area contributed by atoms with E-state index in [-0.39, 0.29) is 22.6 Å². The molecule has 0 aromatic heterocycles. The van der Waals surface area contributed by atoms with Crippen LogP contribution >= 0.6 is 11.6 Å². The van der Waals surface area contributed by atoms with Gasteiger partial charge in [0.15, 0.2) is 0 Å². The van der Waals surface area contributed by atoms with Crippen molar-refractivity contribution in [3.05, 3.63) is 28.8 Å². The lowest BCUT2D eigenvalue weighted by atomic mass is 10.2. The minimum Gasteiger partial charge on any atom is -0.384 e. The highest BCUT2D eigenvalue weighted by molar-refractivity contribution is 7.89. The number of halogens is 1. The minimum absolute atomic E-state index is 0.0208. The number of aliphatic hydroxyl groups is 1. The van der Waals surface area contributed by atoms with Crippen LogP contribution in [-0.4, -0.2) is 26.2 Å². The fourth-order valence-electron chi connectivity index (χ4n) is 1.31. The fraction of sp³-hybridized carbons (Fsp3) is 0.333. The maximum atomic E-state index is 11.9. The summed E-state index contributed by atoms with van der Waals surface area (Å²) in [6.07, 6.45) is 0. The molecule has 0 aliphatic heterocycles. The molecule has 0 radical (unpaired) electrons. The van der Waals surface area contributed by atoms with Crippen molar-refractivity contribution < 1.29 is 13.5 Å². The molecule has 2 N–H and O–H groups in total. The molecule has 4 nitrogen and oxygen atoms in total. The van der Waals surface area contributed by atoms with Crippen molar-refractivity contribution in [3.63, 3.8) is 0 Å². The predicted octanol–water partition coefficient (Wildman–Crippen LogP) is 1.37. The summed E-state index contributed by atoms with van der Waals surface area (Å²) in [6.45, 7) is 3.20. The van der Waals surface area contributed by atoms with E-state index in [4.69, 9.17) is 16.7 Å². The largest absolute Gasteiger partial charge is 0.384 e. The third-order valence-electron chi connectivity index (χ3n) is 1.92. The van der Waals surface area contributed by atoms with Crippen LogP contribution < -0.4 is 4.72 Å². The topological polar surface area (TPSA) is 66.4 Å². The first-order valence-electron chi connectivity index (χ1n) is 5.28. The zero-order valence-electron chi connectivity index (χ0n) is 10.1. The highest BCUT2D eigenvalue weighted by atomic mass is 35.5. The number of hydrogen-bond donors (Lipinski definition) is 2. The third-order valence-corrected chi connectivity index (χ3v) is 4.07. The van der Waals surface area contributed by atoms with Gasteiger partial charge in [-0.05, 0) is 32.0 Å². The molecule has 0 aliphatic carbocycles. The lowest BCUT2D eigenvalue weighted by molar-refractivity contribution is 0.350. The summed E-state index contributed by atoms with van der Waals surface area (Å²) >= 11 is 5.93. The summed E-state index contributed by atoms with van der Waals surface area (Å²) in [5, 5.41) is 8.67. The second kappa shape index (κ2) is 6.21. The van der Waals surface area contributed by atoms with Crippen LogP contribution in [0.15, 0.2) is 23.1 Å². The molecular weight excluding hydrogens is 274 g/mol. The molecular formula is C12H14ClNO3S. The summed E-state index contributed by atoms with van der Waals surface area (Å²) in [5.74, 6) is 5.12. The number of benzene rings is 1. The Labute approximate surface area is 112 Å². The molecule has 1 rings (SSSR count). The number of rotatable bonds is 3. The number of hydrogen-bond acceptors (Lipinski definition) is 3. The molecule has 0 amide bonds. The van der Waals surface area contributed by atoms with Crippen LogP contribution in [0.2, 0.25) is 5.02 Å². The van der Waals surface area contributed by atoms with E-state index in [1.165, 1.54) is 12.1 Å². The molecule has 18 heavy (non-hydrogen) atoms. The molecule has 0 saturated heterocycles. The van der Waals surface area contributed by atoms with Gasteiger partial charge in [-0.25, -0.2) is 13.1 Å². The summed E-state index contributed by atoms with van der Waals surface area (Å²) in [5.41, 5.74) is 0.553. The third kappa shape index (κ3) is 4.00. The lowest BCUT2D eigenvalue weighted by Crippen LogP contribution is -2.30. The number of sulfonamides is 1. The molecule has 6 heteroatoms. The summed E-state index contributed by atoms with van der Waals surface area (Å²) in [7, 11) is -3.61. The fourth-order valence-corrected chi connectivity index (χ4v) is 3.11. The van der Waals surface area contributed by atoms with Crippen LogP contribution in [0.1, 0.15) is 19.4 Å². The van der Waals surface area contributed by atoms with Gasteiger partial charge in [0, 0.05) is 11.6 Å². The normalized spacial score (nSPS) is 11.2. The average molecular weight is 288 g/mol. The predicted molar refractivity (Wildman–Crippen MR) is 70.9 cm³/mol. The Morgan fingerprint density at radius 1 is 1.44 bits per heavy atom. The zero-order chi connectivity index (χ0) is 13.8. The smallest absolute Gasteiger partial charge is 0.242 e. The second-order valence-electron chi connectivity index (χ2n) is 3.88. The van der Waals surface area contributed by atoms with E-state index in [1.54, 1.807) is 19.9 Å². The number of aliphatic hydroxyl groups excluding tert-OH is 1. The van der Waals surface area contributed by atoms with E-state index in [1.807, 2.05) is 0 Å². The summed E-state index contributed by atoms with van der Waals surface area (Å²) in [4.78, 5) is 0.0208. The molecule has 0 saturated carbocycles. The monoisotopic (exact) mass is 287 g/mol. The van der Waals surface area contributed by atoms with Crippen molar-refractivity contribution in [1.29, 1.82) is 0 Å². The first-order chi connectivity index (χ1) is 8.36. The first-order valence-corrected chi connectivity index (χ1v) is 7.14. The molecule has 0 atom stereocenters. The van der Waals surface area contributed by atoms with E-state index < -0.39 is 10.0 Å². The highest BCUT2D eigenvalue weighted by Crippen LogP contribution is 2.22. The van der Waals surface area contributed by atoms with Crippen LogP contribution in [0.5, 0.6) is 0 Å². The Balaban J connectivity index is 3.13. The van der Waals surface area contributed by atoms with Crippen molar-refractivity contribution in [2.45, 2.75) is 24.8 Å². The standard InChI is InChI=1S/C12H14ClNO3S/c1-9(2)14-18(16,17)12-6-5-10(4-3-7-15)8-11(12)13/h5-6,8-9,14-15H,7H2,1-2H3. The van der Waals surface area contributed by atoms with E-state index >= 15 is 0 Å². The molecule has 0 aliphatic rings. The van der Waals surface area contributed by atoms with Gasteiger partial charge in [0.05, 0.1) is 5.02 Å². The van der Waals surface area contributed by atoms with Gasteiger partial charge >= 0.3 is 0 Å². The highest BCUT2D eigenvalue weighted by Gasteiger charge is 2.18. The van der Waals surface area contributed by atoms with Crippen LogP contribution in [0.4, 0.5) is 0 Å². The van der Waals surface area contributed by atoms with Crippen LogP contribution in [0.3, 0.4) is 0 Å². The second-order valence-corrected chi connectivity index (χ2v) is 5.97.